The summed E-state index contributed by atoms with van der Waals surface area (Å²) in [6.07, 6.45) is 7.71. The van der Waals surface area contributed by atoms with Crippen molar-refractivity contribution in [1.82, 2.24) is 10.2 Å². The Bertz CT molecular complexity index is 416. The van der Waals surface area contributed by atoms with Gasteiger partial charge < -0.3 is 10.1 Å². The number of carbonyl (C=O) groups excluding carboxylic acids is 1. The quantitative estimate of drug-likeness (QED) is 0.799. The van der Waals surface area contributed by atoms with Crippen molar-refractivity contribution in [3.05, 3.63) is 0 Å². The van der Waals surface area contributed by atoms with E-state index < -0.39 is 0 Å². The maximum absolute atomic E-state index is 12.5. The smallest absolute Gasteiger partial charge is 0.239 e. The number of amides is 1. The van der Waals surface area contributed by atoms with Crippen LogP contribution in [-0.4, -0.2) is 48.7 Å². The van der Waals surface area contributed by atoms with Crippen LogP contribution in [0.1, 0.15) is 44.9 Å². The highest BCUT2D eigenvalue weighted by Gasteiger charge is 2.39. The fraction of sp³-hybridized carbons (Fsp3) is 0.875. The summed E-state index contributed by atoms with van der Waals surface area (Å²) in [5, 5.41) is 12.6. The van der Waals surface area contributed by atoms with Crippen molar-refractivity contribution in [2.45, 2.75) is 63.1 Å². The highest BCUT2D eigenvalue weighted by molar-refractivity contribution is 5.82. The number of morpholine rings is 1. The molecule has 1 heterocycles. The third kappa shape index (κ3) is 3.56. The molecule has 0 aromatic rings. The molecule has 0 aromatic carbocycles. The Morgan fingerprint density at radius 1 is 1.19 bits per heavy atom. The molecular weight excluding hydrogens is 266 g/mol. The fourth-order valence-electron chi connectivity index (χ4n) is 3.60. The zero-order valence-electron chi connectivity index (χ0n) is 12.6. The Balaban J connectivity index is 1.72. The zero-order valence-corrected chi connectivity index (χ0v) is 12.6. The fourth-order valence-corrected chi connectivity index (χ4v) is 3.60. The van der Waals surface area contributed by atoms with Gasteiger partial charge in [0.2, 0.25) is 5.91 Å². The van der Waals surface area contributed by atoms with Crippen LogP contribution in [0.15, 0.2) is 0 Å². The Morgan fingerprint density at radius 2 is 2.00 bits per heavy atom. The minimum atomic E-state index is -0.210. The van der Waals surface area contributed by atoms with Crippen molar-refractivity contribution in [1.29, 1.82) is 5.26 Å². The van der Waals surface area contributed by atoms with Crippen LogP contribution in [0, 0.1) is 17.2 Å². The molecule has 1 aliphatic heterocycles. The number of nitrogens with one attached hydrogen (secondary N) is 1. The molecule has 3 atom stereocenters. The molecule has 0 aromatic heterocycles. The average molecular weight is 291 g/mol. The van der Waals surface area contributed by atoms with Crippen molar-refractivity contribution >= 4 is 5.91 Å². The minimum Gasteiger partial charge on any atom is -0.378 e. The van der Waals surface area contributed by atoms with Gasteiger partial charge in [0, 0.05) is 18.6 Å². The van der Waals surface area contributed by atoms with Crippen LogP contribution in [0.2, 0.25) is 0 Å². The first-order valence-corrected chi connectivity index (χ1v) is 8.33. The largest absolute Gasteiger partial charge is 0.378 e. The summed E-state index contributed by atoms with van der Waals surface area (Å²) in [5.41, 5.74) is 0. The van der Waals surface area contributed by atoms with E-state index >= 15 is 0 Å². The van der Waals surface area contributed by atoms with Gasteiger partial charge in [0.25, 0.3) is 0 Å². The first kappa shape index (κ1) is 14.8. The molecule has 5 nitrogen and oxygen atoms in total. The Morgan fingerprint density at radius 3 is 2.76 bits per heavy atom. The van der Waals surface area contributed by atoms with E-state index in [2.05, 4.69) is 16.3 Å². The summed E-state index contributed by atoms with van der Waals surface area (Å²) in [6, 6.07) is 2.88. The highest BCUT2D eigenvalue weighted by atomic mass is 16.5. The molecule has 0 radical (unpaired) electrons. The number of rotatable bonds is 3. The lowest BCUT2D eigenvalue weighted by Crippen LogP contribution is -2.58. The maximum Gasteiger partial charge on any atom is 0.239 e. The van der Waals surface area contributed by atoms with Crippen molar-refractivity contribution in [2.75, 3.05) is 19.8 Å². The van der Waals surface area contributed by atoms with Crippen LogP contribution in [-0.2, 0) is 9.53 Å². The zero-order chi connectivity index (χ0) is 14.7. The summed E-state index contributed by atoms with van der Waals surface area (Å²) in [4.78, 5) is 14.7. The first-order chi connectivity index (χ1) is 10.3. The molecule has 2 aliphatic carbocycles. The molecule has 116 valence electrons. The summed E-state index contributed by atoms with van der Waals surface area (Å²) < 4.78 is 5.54. The van der Waals surface area contributed by atoms with E-state index in [0.717, 1.165) is 45.1 Å². The van der Waals surface area contributed by atoms with Crippen molar-refractivity contribution < 1.29 is 9.53 Å². The SMILES string of the molecule is N#CC1CCCCCC1N1CCOCC1C(=O)NC1CC1. The van der Waals surface area contributed by atoms with Gasteiger partial charge in [0.15, 0.2) is 0 Å². The van der Waals surface area contributed by atoms with Crippen molar-refractivity contribution in [2.24, 2.45) is 5.92 Å². The Hall–Kier alpha value is -1.12. The van der Waals surface area contributed by atoms with Gasteiger partial charge >= 0.3 is 0 Å². The average Bonchev–Trinajstić information content (AvgIpc) is 3.33. The second-order valence-electron chi connectivity index (χ2n) is 6.55. The van der Waals surface area contributed by atoms with Crippen LogP contribution >= 0.6 is 0 Å². The molecule has 3 rings (SSSR count). The molecule has 1 N–H and O–H groups in total. The highest BCUT2D eigenvalue weighted by Crippen LogP contribution is 2.30. The third-order valence-electron chi connectivity index (χ3n) is 4.97. The molecule has 3 fully saturated rings. The number of hydrogen-bond acceptors (Lipinski definition) is 4. The first-order valence-electron chi connectivity index (χ1n) is 8.33. The second kappa shape index (κ2) is 6.76. The molecule has 0 bridgehead atoms. The number of nitriles is 1. The lowest BCUT2D eigenvalue weighted by Gasteiger charge is -2.41. The van der Waals surface area contributed by atoms with Crippen LogP contribution in [0.25, 0.3) is 0 Å². The van der Waals surface area contributed by atoms with Crippen LogP contribution in [0.5, 0.6) is 0 Å². The third-order valence-corrected chi connectivity index (χ3v) is 4.97. The second-order valence-corrected chi connectivity index (χ2v) is 6.55. The van der Waals surface area contributed by atoms with E-state index in [4.69, 9.17) is 4.74 Å². The normalized spacial score (nSPS) is 34.7. The molecule has 3 aliphatic rings. The van der Waals surface area contributed by atoms with Gasteiger partial charge in [-0.25, -0.2) is 0 Å². The van der Waals surface area contributed by atoms with E-state index in [0.29, 0.717) is 19.3 Å². The lowest BCUT2D eigenvalue weighted by atomic mass is 9.93. The van der Waals surface area contributed by atoms with Crippen LogP contribution in [0.4, 0.5) is 0 Å². The molecule has 5 heteroatoms. The van der Waals surface area contributed by atoms with Crippen molar-refractivity contribution in [3.8, 4) is 6.07 Å². The van der Waals surface area contributed by atoms with E-state index in [1.165, 1.54) is 6.42 Å². The molecule has 0 spiro atoms. The van der Waals surface area contributed by atoms with E-state index in [9.17, 15) is 10.1 Å². The van der Waals surface area contributed by atoms with Gasteiger partial charge in [-0.05, 0) is 25.7 Å². The molecule has 2 saturated carbocycles. The van der Waals surface area contributed by atoms with Gasteiger partial charge in [0.1, 0.15) is 6.04 Å². The Labute approximate surface area is 126 Å². The molecule has 1 amide bonds. The monoisotopic (exact) mass is 291 g/mol. The number of ether oxygens (including phenoxy) is 1. The van der Waals surface area contributed by atoms with Crippen LogP contribution < -0.4 is 5.32 Å². The molecule has 3 unspecified atom stereocenters. The van der Waals surface area contributed by atoms with Crippen LogP contribution in [0.3, 0.4) is 0 Å². The van der Waals surface area contributed by atoms with Gasteiger partial charge in [0.05, 0.1) is 25.2 Å². The minimum absolute atomic E-state index is 0.0572. The number of nitrogens with zero attached hydrogens (tertiary/aromatic N) is 2. The topological polar surface area (TPSA) is 65.4 Å². The summed E-state index contributed by atoms with van der Waals surface area (Å²) in [5.74, 6) is 0.153. The standard InChI is InChI=1S/C16H25N3O2/c17-10-12-4-2-1-3-5-14(12)19-8-9-21-11-15(19)16(20)18-13-6-7-13/h12-15H,1-9,11H2,(H,18,20). The molecule has 21 heavy (non-hydrogen) atoms. The molecular formula is C16H25N3O2. The summed E-state index contributed by atoms with van der Waals surface area (Å²) in [6.45, 7) is 1.90. The number of carbonyl (C=O) groups is 1. The predicted molar refractivity (Wildman–Crippen MR) is 78.5 cm³/mol. The van der Waals surface area contributed by atoms with E-state index in [-0.39, 0.29) is 23.9 Å². The summed E-state index contributed by atoms with van der Waals surface area (Å²) in [7, 11) is 0. The van der Waals surface area contributed by atoms with Gasteiger partial charge in [-0.15, -0.1) is 0 Å². The lowest BCUT2D eigenvalue weighted by molar-refractivity contribution is -0.135. The maximum atomic E-state index is 12.5. The van der Waals surface area contributed by atoms with E-state index in [1.54, 1.807) is 0 Å². The number of hydrogen-bond donors (Lipinski definition) is 1. The molecule has 1 saturated heterocycles. The predicted octanol–water partition coefficient (Wildman–Crippen LogP) is 1.44. The van der Waals surface area contributed by atoms with Gasteiger partial charge in [-0.3, -0.25) is 9.69 Å². The van der Waals surface area contributed by atoms with Crippen molar-refractivity contribution in [3.63, 3.8) is 0 Å². The van der Waals surface area contributed by atoms with E-state index in [1.807, 2.05) is 0 Å². The van der Waals surface area contributed by atoms with Gasteiger partial charge in [-0.2, -0.15) is 5.26 Å². The van der Waals surface area contributed by atoms with Gasteiger partial charge in [-0.1, -0.05) is 19.3 Å². The summed E-state index contributed by atoms with van der Waals surface area (Å²) >= 11 is 0. The Kier molecular flexibility index (Phi) is 4.77.